The molecule has 0 fully saturated rings. The Labute approximate surface area is 162 Å². The molecule has 0 aliphatic heterocycles. The number of halogens is 1. The maximum absolute atomic E-state index is 11.2. The minimum Gasteiger partial charge on any atom is -0.497 e. The lowest BCUT2D eigenvalue weighted by molar-refractivity contribution is -0.118. The molecule has 0 saturated heterocycles. The summed E-state index contributed by atoms with van der Waals surface area (Å²) < 4.78 is 5.39. The van der Waals surface area contributed by atoms with E-state index in [1.807, 2.05) is 6.07 Å². The van der Waals surface area contributed by atoms with Crippen LogP contribution in [0.15, 0.2) is 54.6 Å². The zero-order chi connectivity index (χ0) is 18.5. The number of hydrogen-bond acceptors (Lipinski definition) is 2. The van der Waals surface area contributed by atoms with E-state index < -0.39 is 0 Å². The number of amides is 1. The summed E-state index contributed by atoms with van der Waals surface area (Å²) in [7, 11) is 1.68. The molecule has 134 valence electrons. The molecule has 0 bridgehead atoms. The van der Waals surface area contributed by atoms with Gasteiger partial charge in [-0.1, -0.05) is 52.3 Å². The van der Waals surface area contributed by atoms with Gasteiger partial charge in [-0.3, -0.25) is 4.79 Å². The monoisotopic (exact) mass is 411 g/mol. The molecule has 0 radical (unpaired) electrons. The van der Waals surface area contributed by atoms with Gasteiger partial charge in [-0.2, -0.15) is 0 Å². The SMILES string of the molecule is COc1ccc2cc(-c3cccc(CBr)c3)cc(CCNC(C)=O)c2c1. The average Bonchev–Trinajstić information content (AvgIpc) is 2.67. The Bertz CT molecular complexity index is 937. The first-order valence-corrected chi connectivity index (χ1v) is 9.73. The summed E-state index contributed by atoms with van der Waals surface area (Å²) in [6.45, 7) is 2.16. The van der Waals surface area contributed by atoms with Crippen LogP contribution >= 0.6 is 15.9 Å². The fourth-order valence-corrected chi connectivity index (χ4v) is 3.47. The maximum atomic E-state index is 11.2. The molecule has 0 atom stereocenters. The zero-order valence-electron chi connectivity index (χ0n) is 15.0. The summed E-state index contributed by atoms with van der Waals surface area (Å²) in [5.74, 6) is 0.834. The van der Waals surface area contributed by atoms with Gasteiger partial charge in [0.25, 0.3) is 0 Å². The molecule has 3 aromatic carbocycles. The summed E-state index contributed by atoms with van der Waals surface area (Å²) in [6.07, 6.45) is 0.773. The summed E-state index contributed by atoms with van der Waals surface area (Å²) in [5.41, 5.74) is 4.83. The van der Waals surface area contributed by atoms with E-state index in [9.17, 15) is 4.79 Å². The van der Waals surface area contributed by atoms with E-state index in [2.05, 4.69) is 69.8 Å². The normalized spacial score (nSPS) is 10.7. The first-order chi connectivity index (χ1) is 12.6. The lowest BCUT2D eigenvalue weighted by Gasteiger charge is -2.13. The molecule has 0 unspecified atom stereocenters. The number of alkyl halides is 1. The van der Waals surface area contributed by atoms with Crippen molar-refractivity contribution in [2.24, 2.45) is 0 Å². The van der Waals surface area contributed by atoms with Crippen molar-refractivity contribution < 1.29 is 9.53 Å². The summed E-state index contributed by atoms with van der Waals surface area (Å²) >= 11 is 3.53. The van der Waals surface area contributed by atoms with Gasteiger partial charge in [0.05, 0.1) is 7.11 Å². The number of hydrogen-bond donors (Lipinski definition) is 1. The van der Waals surface area contributed by atoms with Crippen LogP contribution < -0.4 is 10.1 Å². The second-order valence-corrected chi connectivity index (χ2v) is 6.85. The fourth-order valence-electron chi connectivity index (χ4n) is 3.12. The van der Waals surface area contributed by atoms with Crippen molar-refractivity contribution in [1.29, 1.82) is 0 Å². The van der Waals surface area contributed by atoms with E-state index in [1.54, 1.807) is 14.0 Å². The molecule has 0 aromatic heterocycles. The van der Waals surface area contributed by atoms with Crippen LogP contribution in [0.5, 0.6) is 5.75 Å². The Kier molecular flexibility index (Phi) is 5.94. The van der Waals surface area contributed by atoms with Gasteiger partial charge in [0, 0.05) is 18.8 Å². The predicted molar refractivity (Wildman–Crippen MR) is 111 cm³/mol. The van der Waals surface area contributed by atoms with Gasteiger partial charge in [0.2, 0.25) is 5.91 Å². The van der Waals surface area contributed by atoms with Crippen molar-refractivity contribution in [3.05, 3.63) is 65.7 Å². The van der Waals surface area contributed by atoms with Gasteiger partial charge in [0.15, 0.2) is 0 Å². The van der Waals surface area contributed by atoms with Crippen LogP contribution in [-0.4, -0.2) is 19.6 Å². The van der Waals surface area contributed by atoms with Gasteiger partial charge >= 0.3 is 0 Å². The number of methoxy groups -OCH3 is 1. The molecule has 0 saturated carbocycles. The summed E-state index contributed by atoms with van der Waals surface area (Å²) in [4.78, 5) is 11.2. The minimum absolute atomic E-state index is 0.00642. The van der Waals surface area contributed by atoms with Crippen molar-refractivity contribution in [1.82, 2.24) is 5.32 Å². The van der Waals surface area contributed by atoms with E-state index in [4.69, 9.17) is 4.74 Å². The minimum atomic E-state index is -0.00642. The van der Waals surface area contributed by atoms with Crippen molar-refractivity contribution >= 4 is 32.6 Å². The molecule has 4 heteroatoms. The molecule has 1 amide bonds. The second-order valence-electron chi connectivity index (χ2n) is 6.29. The molecule has 3 aromatic rings. The van der Waals surface area contributed by atoms with Crippen LogP contribution in [0.3, 0.4) is 0 Å². The Morgan fingerprint density at radius 1 is 1.08 bits per heavy atom. The highest BCUT2D eigenvalue weighted by molar-refractivity contribution is 9.08. The van der Waals surface area contributed by atoms with Gasteiger partial charge < -0.3 is 10.1 Å². The first kappa shape index (κ1) is 18.5. The van der Waals surface area contributed by atoms with Crippen LogP contribution in [0, 0.1) is 0 Å². The largest absolute Gasteiger partial charge is 0.497 e. The number of ether oxygens (including phenoxy) is 1. The second kappa shape index (κ2) is 8.37. The van der Waals surface area contributed by atoms with Gasteiger partial charge in [-0.05, 0) is 57.6 Å². The Balaban J connectivity index is 2.08. The molecule has 3 rings (SSSR count). The topological polar surface area (TPSA) is 38.3 Å². The van der Waals surface area contributed by atoms with E-state index in [0.717, 1.165) is 22.9 Å². The fraction of sp³-hybridized carbons (Fsp3) is 0.227. The average molecular weight is 412 g/mol. The molecular formula is C22H22BrNO2. The molecule has 26 heavy (non-hydrogen) atoms. The van der Waals surface area contributed by atoms with E-state index >= 15 is 0 Å². The highest BCUT2D eigenvalue weighted by Gasteiger charge is 2.08. The number of rotatable bonds is 6. The molecule has 1 N–H and O–H groups in total. The standard InChI is InChI=1S/C22H22BrNO2/c1-15(25)24-9-8-19-12-20(17-5-3-4-16(10-17)14-23)11-18-6-7-21(26-2)13-22(18)19/h3-7,10-13H,8-9,14H2,1-2H3,(H,24,25). The molecule has 3 nitrogen and oxygen atoms in total. The molecule has 0 aliphatic carbocycles. The van der Waals surface area contributed by atoms with Crippen LogP contribution in [0.1, 0.15) is 18.1 Å². The maximum Gasteiger partial charge on any atom is 0.216 e. The van der Waals surface area contributed by atoms with Crippen molar-refractivity contribution in [3.8, 4) is 16.9 Å². The lowest BCUT2D eigenvalue weighted by Crippen LogP contribution is -2.22. The van der Waals surface area contributed by atoms with Crippen LogP contribution in [0.2, 0.25) is 0 Å². The highest BCUT2D eigenvalue weighted by atomic mass is 79.9. The van der Waals surface area contributed by atoms with Crippen LogP contribution in [-0.2, 0) is 16.5 Å². The Morgan fingerprint density at radius 3 is 2.65 bits per heavy atom. The molecular weight excluding hydrogens is 390 g/mol. The molecule has 0 aliphatic rings. The van der Waals surface area contributed by atoms with E-state index in [-0.39, 0.29) is 5.91 Å². The number of carbonyl (C=O) groups is 1. The van der Waals surface area contributed by atoms with E-state index in [1.165, 1.54) is 27.6 Å². The van der Waals surface area contributed by atoms with Crippen molar-refractivity contribution in [3.63, 3.8) is 0 Å². The smallest absolute Gasteiger partial charge is 0.216 e. The molecule has 0 spiro atoms. The third-order valence-electron chi connectivity index (χ3n) is 4.43. The number of nitrogens with one attached hydrogen (secondary N) is 1. The number of benzene rings is 3. The predicted octanol–water partition coefficient (Wildman–Crippen LogP) is 5.09. The quantitative estimate of drug-likeness (QED) is 0.573. The lowest BCUT2D eigenvalue weighted by atomic mass is 9.94. The van der Waals surface area contributed by atoms with Gasteiger partial charge in [0.1, 0.15) is 5.75 Å². The number of fused-ring (bicyclic) bond motifs is 1. The first-order valence-electron chi connectivity index (χ1n) is 8.61. The van der Waals surface area contributed by atoms with Crippen LogP contribution in [0.4, 0.5) is 0 Å². The van der Waals surface area contributed by atoms with E-state index in [0.29, 0.717) is 6.54 Å². The molecule has 0 heterocycles. The zero-order valence-corrected chi connectivity index (χ0v) is 16.6. The Morgan fingerprint density at radius 2 is 1.92 bits per heavy atom. The van der Waals surface area contributed by atoms with Crippen molar-refractivity contribution in [2.75, 3.05) is 13.7 Å². The summed E-state index contributed by atoms with van der Waals surface area (Å²) in [5, 5.41) is 6.06. The van der Waals surface area contributed by atoms with Crippen LogP contribution in [0.25, 0.3) is 21.9 Å². The van der Waals surface area contributed by atoms with Gasteiger partial charge in [-0.25, -0.2) is 0 Å². The number of carbonyl (C=O) groups excluding carboxylic acids is 1. The van der Waals surface area contributed by atoms with Gasteiger partial charge in [-0.15, -0.1) is 0 Å². The highest BCUT2D eigenvalue weighted by Crippen LogP contribution is 2.31. The third kappa shape index (κ3) is 4.25. The third-order valence-corrected chi connectivity index (χ3v) is 5.08. The summed E-state index contributed by atoms with van der Waals surface area (Å²) in [6, 6.07) is 19.1. The van der Waals surface area contributed by atoms with Crippen molar-refractivity contribution in [2.45, 2.75) is 18.7 Å². The Hall–Kier alpha value is -2.33.